The van der Waals surface area contributed by atoms with Gasteiger partial charge in [-0.15, -0.1) is 0 Å². The number of halogens is 2. The lowest BCUT2D eigenvalue weighted by Crippen LogP contribution is -2.26. The number of likely N-dealkylation sites (N-methyl/N-ethyl adjacent to an activating group) is 1. The number of unbranched alkanes of at least 4 members (excludes halogenated alkanes) is 1. The average molecular weight is 546 g/mol. The highest BCUT2D eigenvalue weighted by molar-refractivity contribution is 6.30. The normalized spacial score (nSPS) is 13.4. The van der Waals surface area contributed by atoms with E-state index in [0.29, 0.717) is 35.3 Å². The third-order valence-electron chi connectivity index (χ3n) is 6.74. The third-order valence-corrected chi connectivity index (χ3v) is 6.98. The molecular weight excluding hydrogens is 509 g/mol. The molecule has 38 heavy (non-hydrogen) atoms. The van der Waals surface area contributed by atoms with Crippen molar-refractivity contribution in [3.8, 4) is 0 Å². The highest BCUT2D eigenvalue weighted by Gasteiger charge is 2.25. The van der Waals surface area contributed by atoms with Crippen LogP contribution >= 0.6 is 11.6 Å². The molecule has 0 spiro atoms. The second-order valence-electron chi connectivity index (χ2n) is 9.90. The molecule has 1 fully saturated rings. The van der Waals surface area contributed by atoms with Gasteiger partial charge in [0.2, 0.25) is 0 Å². The van der Waals surface area contributed by atoms with Crippen molar-refractivity contribution in [2.75, 3.05) is 45.3 Å². The van der Waals surface area contributed by atoms with E-state index in [1.165, 1.54) is 0 Å². The van der Waals surface area contributed by atoms with Gasteiger partial charge in [-0.25, -0.2) is 14.9 Å². The summed E-state index contributed by atoms with van der Waals surface area (Å²) in [5.41, 5.74) is 4.95. The van der Waals surface area contributed by atoms with Crippen LogP contribution in [-0.2, 0) is 16.1 Å². The molecule has 1 amide bonds. The third kappa shape index (κ3) is 7.44. The molecule has 0 bridgehead atoms. The number of aromatic nitrogens is 2. The Balaban J connectivity index is 1.53. The van der Waals surface area contributed by atoms with Crippen molar-refractivity contribution < 1.29 is 18.8 Å². The number of amides is 1. The molecule has 2 aromatic carbocycles. The summed E-state index contributed by atoms with van der Waals surface area (Å²) in [7, 11) is 2.08. The topological polar surface area (TPSA) is 80.7 Å². The Morgan fingerprint density at radius 1 is 1.26 bits per heavy atom. The summed E-state index contributed by atoms with van der Waals surface area (Å²) in [6.07, 6.45) is 5.70. The van der Waals surface area contributed by atoms with Crippen LogP contribution in [0.15, 0.2) is 30.6 Å². The van der Waals surface area contributed by atoms with E-state index in [1.807, 2.05) is 18.4 Å². The van der Waals surface area contributed by atoms with Crippen molar-refractivity contribution in [1.29, 1.82) is 0 Å². The molecule has 0 unspecified atom stereocenters. The molecule has 1 saturated carbocycles. The van der Waals surface area contributed by atoms with Gasteiger partial charge >= 0.3 is 0 Å². The number of nitrogens with zero attached hydrogens (tertiary/aromatic N) is 3. The van der Waals surface area contributed by atoms with Crippen molar-refractivity contribution in [2.24, 2.45) is 5.92 Å². The second-order valence-corrected chi connectivity index (χ2v) is 10.3. The smallest absolute Gasteiger partial charge is 0.277 e. The van der Waals surface area contributed by atoms with E-state index in [2.05, 4.69) is 27.7 Å². The first-order chi connectivity index (χ1) is 18.4. The van der Waals surface area contributed by atoms with Crippen molar-refractivity contribution >= 4 is 39.9 Å². The number of hydrogen-bond acceptors (Lipinski definition) is 6. The maximum atomic E-state index is 15.9. The Bertz CT molecular complexity index is 1250. The molecular formula is C28H37ClFN5O3. The number of hydrogen-bond donors (Lipinski definition) is 2. The molecule has 0 radical (unpaired) electrons. The first-order valence-corrected chi connectivity index (χ1v) is 13.6. The van der Waals surface area contributed by atoms with E-state index in [4.69, 9.17) is 21.2 Å². The van der Waals surface area contributed by atoms with E-state index in [9.17, 15) is 4.79 Å². The number of anilines is 2. The number of ether oxygens (including phenoxy) is 1. The zero-order valence-corrected chi connectivity index (χ0v) is 23.1. The van der Waals surface area contributed by atoms with E-state index in [1.54, 1.807) is 30.6 Å². The van der Waals surface area contributed by atoms with Crippen molar-refractivity contribution in [1.82, 2.24) is 19.9 Å². The Morgan fingerprint density at radius 2 is 2.08 bits per heavy atom. The van der Waals surface area contributed by atoms with Gasteiger partial charge in [-0.3, -0.25) is 9.63 Å². The highest BCUT2D eigenvalue weighted by atomic mass is 35.5. The Morgan fingerprint density at radius 3 is 2.82 bits per heavy atom. The van der Waals surface area contributed by atoms with Gasteiger partial charge in [0, 0.05) is 30.4 Å². The molecule has 0 saturated heterocycles. The first-order valence-electron chi connectivity index (χ1n) is 13.3. The molecule has 1 aliphatic carbocycles. The summed E-state index contributed by atoms with van der Waals surface area (Å²) in [6.45, 7) is 8.25. The number of fused-ring (bicyclic) bond motifs is 1. The van der Waals surface area contributed by atoms with E-state index in [0.717, 1.165) is 57.6 Å². The lowest BCUT2D eigenvalue weighted by molar-refractivity contribution is 0.0271. The Kier molecular flexibility index (Phi) is 9.96. The van der Waals surface area contributed by atoms with E-state index >= 15 is 4.39 Å². The molecule has 8 nitrogen and oxygen atoms in total. The molecule has 1 aliphatic rings. The predicted molar refractivity (Wildman–Crippen MR) is 149 cm³/mol. The van der Waals surface area contributed by atoms with Crippen LogP contribution in [0.5, 0.6) is 0 Å². The SMILES string of the molecule is CCOCCN(C)CCCCn1cnc2c(F)c(Nc3ccc(Cl)cc3C)c(C(=O)NOCC3CC3)cc21. The summed E-state index contributed by atoms with van der Waals surface area (Å²) in [6, 6.07) is 6.94. The number of nitrogens with one attached hydrogen (secondary N) is 2. The number of carbonyl (C=O) groups excluding carboxylic acids is 1. The van der Waals surface area contributed by atoms with Gasteiger partial charge < -0.3 is 19.5 Å². The fraction of sp³-hybridized carbons (Fsp3) is 0.500. The zero-order chi connectivity index (χ0) is 27.1. The minimum Gasteiger partial charge on any atom is -0.380 e. The van der Waals surface area contributed by atoms with Crippen LogP contribution in [0.2, 0.25) is 5.02 Å². The fourth-order valence-electron chi connectivity index (χ4n) is 4.24. The minimum absolute atomic E-state index is 0.0524. The summed E-state index contributed by atoms with van der Waals surface area (Å²) < 4.78 is 23.2. The molecule has 206 valence electrons. The quantitative estimate of drug-likeness (QED) is 0.188. The largest absolute Gasteiger partial charge is 0.380 e. The number of aryl methyl sites for hydroxylation is 2. The first kappa shape index (κ1) is 28.3. The highest BCUT2D eigenvalue weighted by Crippen LogP contribution is 2.33. The number of rotatable bonds is 15. The van der Waals surface area contributed by atoms with Crippen LogP contribution in [0, 0.1) is 18.7 Å². The number of hydroxylamine groups is 1. The van der Waals surface area contributed by atoms with Crippen LogP contribution in [0.3, 0.4) is 0 Å². The summed E-state index contributed by atoms with van der Waals surface area (Å²) >= 11 is 6.10. The van der Waals surface area contributed by atoms with Crippen LogP contribution in [0.4, 0.5) is 15.8 Å². The van der Waals surface area contributed by atoms with Crippen LogP contribution in [0.25, 0.3) is 11.0 Å². The summed E-state index contributed by atoms with van der Waals surface area (Å²) in [4.78, 5) is 25.2. The molecule has 0 aliphatic heterocycles. The molecule has 4 rings (SSSR count). The second kappa shape index (κ2) is 13.4. The standard InChI is InChI=1S/C28H37ClFN5O3/c1-4-37-14-13-34(3)11-5-6-12-35-18-31-27-24(35)16-22(28(36)33-38-17-20-7-8-20)26(25(27)30)32-23-10-9-21(29)15-19(23)2/h9-10,15-16,18,20,32H,4-8,11-14,17H2,1-3H3,(H,33,36). The predicted octanol–water partition coefficient (Wildman–Crippen LogP) is 5.70. The zero-order valence-electron chi connectivity index (χ0n) is 22.4. The maximum Gasteiger partial charge on any atom is 0.277 e. The average Bonchev–Trinajstić information content (AvgIpc) is 3.62. The van der Waals surface area contributed by atoms with Crippen LogP contribution in [0.1, 0.15) is 48.5 Å². The molecule has 1 heterocycles. The molecule has 0 atom stereocenters. The molecule has 3 aromatic rings. The summed E-state index contributed by atoms with van der Waals surface area (Å²) in [5, 5.41) is 3.68. The summed E-state index contributed by atoms with van der Waals surface area (Å²) in [5.74, 6) is -0.619. The lowest BCUT2D eigenvalue weighted by atomic mass is 10.1. The van der Waals surface area contributed by atoms with Gasteiger partial charge in [0.15, 0.2) is 5.82 Å². The van der Waals surface area contributed by atoms with Crippen LogP contribution < -0.4 is 10.8 Å². The van der Waals surface area contributed by atoms with Gasteiger partial charge in [0.05, 0.1) is 36.3 Å². The van der Waals surface area contributed by atoms with Gasteiger partial charge in [0.1, 0.15) is 5.52 Å². The number of imidazole rings is 1. The van der Waals surface area contributed by atoms with Gasteiger partial charge in [-0.2, -0.15) is 0 Å². The number of carbonyl (C=O) groups is 1. The Hall–Kier alpha value is -2.72. The Labute approximate surface area is 228 Å². The van der Waals surface area contributed by atoms with Gasteiger partial charge in [-0.1, -0.05) is 11.6 Å². The van der Waals surface area contributed by atoms with Crippen molar-refractivity contribution in [3.05, 3.63) is 52.6 Å². The minimum atomic E-state index is -0.585. The molecule has 10 heteroatoms. The van der Waals surface area contributed by atoms with Gasteiger partial charge in [-0.05, 0) is 88.9 Å². The van der Waals surface area contributed by atoms with Crippen molar-refractivity contribution in [2.45, 2.75) is 46.1 Å². The van der Waals surface area contributed by atoms with E-state index in [-0.39, 0.29) is 16.8 Å². The fourth-order valence-corrected chi connectivity index (χ4v) is 4.47. The monoisotopic (exact) mass is 545 g/mol. The van der Waals surface area contributed by atoms with Gasteiger partial charge in [0.25, 0.3) is 5.91 Å². The van der Waals surface area contributed by atoms with Crippen molar-refractivity contribution in [3.63, 3.8) is 0 Å². The molecule has 1 aromatic heterocycles. The lowest BCUT2D eigenvalue weighted by Gasteiger charge is -2.17. The van der Waals surface area contributed by atoms with E-state index < -0.39 is 11.7 Å². The molecule has 2 N–H and O–H groups in total. The number of benzene rings is 2. The maximum absolute atomic E-state index is 15.9. The van der Waals surface area contributed by atoms with Crippen LogP contribution in [-0.4, -0.2) is 60.3 Å².